The van der Waals surface area contributed by atoms with Gasteiger partial charge in [-0.25, -0.2) is 4.90 Å². The van der Waals surface area contributed by atoms with E-state index in [0.717, 1.165) is 38.5 Å². The number of aryl methyl sites for hydroxylation is 3. The monoisotopic (exact) mass is 638 g/mol. The molecule has 2 amide bonds. The van der Waals surface area contributed by atoms with Gasteiger partial charge in [-0.05, 0) is 80.4 Å². The van der Waals surface area contributed by atoms with Crippen LogP contribution in [0.1, 0.15) is 69.2 Å². The number of carbonyl (C=O) groups is 4. The number of ketones is 2. The minimum absolute atomic E-state index is 0.124. The molecule has 8 rings (SSSR count). The number of imide groups is 1. The Morgan fingerprint density at radius 3 is 1.53 bits per heavy atom. The molecule has 0 saturated heterocycles. The number of hydrogen-bond donors (Lipinski definition) is 0. The Kier molecular flexibility index (Phi) is 6.96. The standard InChI is InChI=1S/C43H30N2O4/c1-25-21-26(2)39(27(3)22-25)45-42(48)32-15-10-16-37(38(32)43(45)49)44-35-19-17-30(40(46)28-11-6-4-7-12-28)23-33(35)34-24-31(18-20-36(34)44)41(47)29-13-8-5-9-14-29/h4-24H,1-3H3. The third-order valence-electron chi connectivity index (χ3n) is 9.35. The highest BCUT2D eigenvalue weighted by molar-refractivity contribution is 6.36. The van der Waals surface area contributed by atoms with Gasteiger partial charge in [0.2, 0.25) is 0 Å². The Bertz CT molecular complexity index is 2410. The Morgan fingerprint density at radius 2 is 1.02 bits per heavy atom. The van der Waals surface area contributed by atoms with Crippen LogP contribution < -0.4 is 4.90 Å². The van der Waals surface area contributed by atoms with Crippen molar-refractivity contribution in [3.8, 4) is 5.69 Å². The zero-order chi connectivity index (χ0) is 34.0. The molecule has 6 nitrogen and oxygen atoms in total. The molecule has 236 valence electrons. The molecule has 0 aliphatic carbocycles. The van der Waals surface area contributed by atoms with Gasteiger partial charge < -0.3 is 4.57 Å². The van der Waals surface area contributed by atoms with Gasteiger partial charge >= 0.3 is 0 Å². The van der Waals surface area contributed by atoms with Crippen LogP contribution in [0.4, 0.5) is 5.69 Å². The van der Waals surface area contributed by atoms with E-state index in [2.05, 4.69) is 0 Å². The maximum absolute atomic E-state index is 14.4. The number of benzene rings is 6. The molecule has 0 radical (unpaired) electrons. The van der Waals surface area contributed by atoms with Crippen LogP contribution >= 0.6 is 0 Å². The molecule has 0 fully saturated rings. The number of aromatic nitrogens is 1. The molecular formula is C43H30N2O4. The lowest BCUT2D eigenvalue weighted by Crippen LogP contribution is -2.31. The normalized spacial score (nSPS) is 12.6. The summed E-state index contributed by atoms with van der Waals surface area (Å²) >= 11 is 0. The molecule has 6 heteroatoms. The number of amides is 2. The number of rotatable bonds is 6. The van der Waals surface area contributed by atoms with E-state index in [-0.39, 0.29) is 17.5 Å². The molecule has 0 saturated carbocycles. The Morgan fingerprint density at radius 1 is 0.510 bits per heavy atom. The molecule has 1 aliphatic rings. The molecule has 2 heterocycles. The largest absolute Gasteiger partial charge is 0.308 e. The second-order valence-corrected chi connectivity index (χ2v) is 12.6. The summed E-state index contributed by atoms with van der Waals surface area (Å²) in [4.78, 5) is 56.8. The zero-order valence-electron chi connectivity index (χ0n) is 27.2. The maximum Gasteiger partial charge on any atom is 0.268 e. The van der Waals surface area contributed by atoms with E-state index >= 15 is 0 Å². The second kappa shape index (κ2) is 11.4. The fourth-order valence-corrected chi connectivity index (χ4v) is 7.26. The fraction of sp³-hybridized carbons (Fsp3) is 0.0698. The van der Waals surface area contributed by atoms with E-state index < -0.39 is 5.91 Å². The van der Waals surface area contributed by atoms with E-state index in [1.165, 1.54) is 4.90 Å². The van der Waals surface area contributed by atoms with Crippen molar-refractivity contribution in [1.29, 1.82) is 0 Å². The van der Waals surface area contributed by atoms with Crippen molar-refractivity contribution >= 4 is 50.9 Å². The van der Waals surface area contributed by atoms with Crippen molar-refractivity contribution in [2.45, 2.75) is 20.8 Å². The van der Waals surface area contributed by atoms with E-state index in [4.69, 9.17) is 0 Å². The van der Waals surface area contributed by atoms with Crippen LogP contribution in [0.25, 0.3) is 27.5 Å². The van der Waals surface area contributed by atoms with Crippen molar-refractivity contribution in [3.63, 3.8) is 0 Å². The summed E-state index contributed by atoms with van der Waals surface area (Å²) in [6, 6.07) is 38.5. The second-order valence-electron chi connectivity index (χ2n) is 12.6. The van der Waals surface area contributed by atoms with Crippen LogP contribution in [0.3, 0.4) is 0 Å². The Labute approximate surface area is 282 Å². The van der Waals surface area contributed by atoms with E-state index in [1.807, 2.05) is 104 Å². The van der Waals surface area contributed by atoms with Gasteiger partial charge in [0.15, 0.2) is 11.6 Å². The van der Waals surface area contributed by atoms with Gasteiger partial charge in [-0.15, -0.1) is 0 Å². The third kappa shape index (κ3) is 4.72. The zero-order valence-corrected chi connectivity index (χ0v) is 27.2. The summed E-state index contributed by atoms with van der Waals surface area (Å²) in [6.45, 7) is 5.81. The van der Waals surface area contributed by atoms with Crippen molar-refractivity contribution in [3.05, 3.63) is 177 Å². The summed E-state index contributed by atoms with van der Waals surface area (Å²) in [5, 5.41) is 1.49. The molecule has 0 bridgehead atoms. The highest BCUT2D eigenvalue weighted by atomic mass is 16.2. The highest BCUT2D eigenvalue weighted by Crippen LogP contribution is 2.40. The molecule has 0 N–H and O–H groups in total. The first-order valence-electron chi connectivity index (χ1n) is 16.1. The van der Waals surface area contributed by atoms with Gasteiger partial charge in [0, 0.05) is 33.0 Å². The molecule has 49 heavy (non-hydrogen) atoms. The minimum atomic E-state index is -0.396. The average molecular weight is 639 g/mol. The van der Waals surface area contributed by atoms with E-state index in [0.29, 0.717) is 44.8 Å². The maximum atomic E-state index is 14.4. The van der Waals surface area contributed by atoms with Crippen molar-refractivity contribution in [2.24, 2.45) is 0 Å². The summed E-state index contributed by atoms with van der Waals surface area (Å²) in [5.41, 5.74) is 8.11. The first kappa shape index (κ1) is 30.0. The number of carbonyl (C=O) groups excluding carboxylic acids is 4. The summed E-state index contributed by atoms with van der Waals surface area (Å²) < 4.78 is 1.96. The predicted molar refractivity (Wildman–Crippen MR) is 192 cm³/mol. The Balaban J connectivity index is 1.36. The first-order valence-corrected chi connectivity index (χ1v) is 16.1. The first-order chi connectivity index (χ1) is 23.7. The van der Waals surface area contributed by atoms with Gasteiger partial charge in [-0.1, -0.05) is 84.4 Å². The molecule has 6 aromatic carbocycles. The molecule has 0 atom stereocenters. The lowest BCUT2D eigenvalue weighted by molar-refractivity contribution is 0.0923. The topological polar surface area (TPSA) is 76.5 Å². The van der Waals surface area contributed by atoms with Crippen molar-refractivity contribution in [2.75, 3.05) is 4.90 Å². The van der Waals surface area contributed by atoms with E-state index in [1.54, 1.807) is 48.5 Å². The minimum Gasteiger partial charge on any atom is -0.308 e. The van der Waals surface area contributed by atoms with Crippen molar-refractivity contribution in [1.82, 2.24) is 4.57 Å². The molecule has 0 unspecified atom stereocenters. The SMILES string of the molecule is Cc1cc(C)c(N2C(=O)c3cccc(-n4c5ccc(C(=O)c6ccccc6)cc5c5cc(C(=O)c6ccccc6)ccc54)c3C2=O)c(C)c1. The van der Waals surface area contributed by atoms with Crippen LogP contribution in [-0.4, -0.2) is 27.9 Å². The lowest BCUT2D eigenvalue weighted by atomic mass is 9.99. The third-order valence-corrected chi connectivity index (χ3v) is 9.35. The fourth-order valence-electron chi connectivity index (χ4n) is 7.26. The number of anilines is 1. The average Bonchev–Trinajstić information content (AvgIpc) is 3.58. The van der Waals surface area contributed by atoms with E-state index in [9.17, 15) is 19.2 Å². The quantitative estimate of drug-likeness (QED) is 0.135. The number of nitrogens with zero attached hydrogens (tertiary/aromatic N) is 2. The smallest absolute Gasteiger partial charge is 0.268 e. The number of fused-ring (bicyclic) bond motifs is 4. The van der Waals surface area contributed by atoms with Crippen LogP contribution in [0, 0.1) is 20.8 Å². The molecule has 1 aliphatic heterocycles. The predicted octanol–water partition coefficient (Wildman–Crippen LogP) is 8.97. The lowest BCUT2D eigenvalue weighted by Gasteiger charge is -2.20. The van der Waals surface area contributed by atoms with Crippen molar-refractivity contribution < 1.29 is 19.2 Å². The molecule has 0 spiro atoms. The van der Waals surface area contributed by atoms with Crippen LogP contribution in [0.2, 0.25) is 0 Å². The summed E-state index contributed by atoms with van der Waals surface area (Å²) in [6.07, 6.45) is 0. The van der Waals surface area contributed by atoms with Crippen LogP contribution in [0.15, 0.2) is 127 Å². The van der Waals surface area contributed by atoms with Gasteiger partial charge in [-0.3, -0.25) is 19.2 Å². The summed E-state index contributed by atoms with van der Waals surface area (Å²) in [5.74, 6) is -1.02. The molecular weight excluding hydrogens is 608 g/mol. The van der Waals surface area contributed by atoms with Gasteiger partial charge in [0.1, 0.15) is 0 Å². The summed E-state index contributed by atoms with van der Waals surface area (Å²) in [7, 11) is 0. The van der Waals surface area contributed by atoms with Gasteiger partial charge in [0.25, 0.3) is 11.8 Å². The van der Waals surface area contributed by atoms with Gasteiger partial charge in [-0.2, -0.15) is 0 Å². The van der Waals surface area contributed by atoms with Crippen LogP contribution in [0.5, 0.6) is 0 Å². The number of hydrogen-bond acceptors (Lipinski definition) is 4. The van der Waals surface area contributed by atoms with Crippen LogP contribution in [-0.2, 0) is 0 Å². The molecule has 7 aromatic rings. The van der Waals surface area contributed by atoms with Gasteiger partial charge in [0.05, 0.1) is 33.5 Å². The molecule has 1 aromatic heterocycles. The highest BCUT2D eigenvalue weighted by Gasteiger charge is 2.40. The Hall–Kier alpha value is -6.40.